The van der Waals surface area contributed by atoms with E-state index in [1.54, 1.807) is 13.1 Å². The minimum atomic E-state index is -0.841. The Morgan fingerprint density at radius 3 is 2.65 bits per heavy atom. The fraction of sp³-hybridized carbons (Fsp3) is 0.355. The molecule has 1 saturated carbocycles. The van der Waals surface area contributed by atoms with Gasteiger partial charge in [-0.1, -0.05) is 18.2 Å². The van der Waals surface area contributed by atoms with E-state index < -0.39 is 12.0 Å². The maximum absolute atomic E-state index is 13.6. The maximum Gasteiger partial charge on any atom is 0.303 e. The highest BCUT2D eigenvalue weighted by Crippen LogP contribution is 2.38. The van der Waals surface area contributed by atoms with Crippen molar-refractivity contribution in [2.45, 2.75) is 64.5 Å². The molecule has 208 valence electrons. The molecule has 1 unspecified atom stereocenters. The van der Waals surface area contributed by atoms with Crippen molar-refractivity contribution in [3.63, 3.8) is 0 Å². The standard InChI is InChI=1S/C31H35N5O4/c1-19-17-36(28-16-24(31(40)32-3)11-12-25(19)28)20(2)30(39)33-27-15-21(7-8-22(27)5-4-6-29(37)38)18-35-14-13-26(34-35)23-9-10-23/h7-8,11-17,20,23H,4-6,9-10,18H2,1-3H3,(H,32,40)(H,33,39)(H,37,38). The average molecular weight is 542 g/mol. The van der Waals surface area contributed by atoms with Gasteiger partial charge in [-0.2, -0.15) is 5.10 Å². The number of carboxylic acid groups (broad SMARTS) is 1. The number of aryl methyl sites for hydroxylation is 2. The lowest BCUT2D eigenvalue weighted by molar-refractivity contribution is -0.137. The molecule has 5 rings (SSSR count). The van der Waals surface area contributed by atoms with Crippen LogP contribution in [0.15, 0.2) is 54.9 Å². The summed E-state index contributed by atoms with van der Waals surface area (Å²) in [6.07, 6.45) is 7.37. The van der Waals surface area contributed by atoms with Crippen LogP contribution in [0.4, 0.5) is 5.69 Å². The Morgan fingerprint density at radius 2 is 1.93 bits per heavy atom. The maximum atomic E-state index is 13.6. The first kappa shape index (κ1) is 27.2. The quantitative estimate of drug-likeness (QED) is 0.246. The van der Waals surface area contributed by atoms with Crippen molar-refractivity contribution in [3.05, 3.63) is 82.8 Å². The highest BCUT2D eigenvalue weighted by Gasteiger charge is 2.26. The molecule has 0 saturated heterocycles. The van der Waals surface area contributed by atoms with Crippen LogP contribution in [0.2, 0.25) is 0 Å². The SMILES string of the molecule is CNC(=O)c1ccc2c(C)cn(C(C)C(=O)Nc3cc(Cn4ccc(C5CC5)n4)ccc3CCCC(=O)O)c2c1. The van der Waals surface area contributed by atoms with Crippen molar-refractivity contribution >= 4 is 34.4 Å². The number of hydrogen-bond acceptors (Lipinski definition) is 4. The van der Waals surface area contributed by atoms with Gasteiger partial charge in [-0.15, -0.1) is 0 Å². The number of hydrogen-bond donors (Lipinski definition) is 3. The van der Waals surface area contributed by atoms with Gasteiger partial charge in [0.05, 0.1) is 12.2 Å². The van der Waals surface area contributed by atoms with Gasteiger partial charge in [0, 0.05) is 53.9 Å². The number of rotatable bonds is 11. The van der Waals surface area contributed by atoms with Gasteiger partial charge in [0.25, 0.3) is 5.91 Å². The molecule has 1 aliphatic rings. The number of carbonyl (C=O) groups is 3. The van der Waals surface area contributed by atoms with Crippen LogP contribution in [0.1, 0.15) is 77.3 Å². The third-order valence-electron chi connectivity index (χ3n) is 7.59. The second kappa shape index (κ2) is 11.4. The molecule has 2 heterocycles. The highest BCUT2D eigenvalue weighted by atomic mass is 16.4. The van der Waals surface area contributed by atoms with Crippen LogP contribution in [0.5, 0.6) is 0 Å². The lowest BCUT2D eigenvalue weighted by Crippen LogP contribution is -2.24. The Bertz CT molecular complexity index is 1580. The predicted molar refractivity (Wildman–Crippen MR) is 154 cm³/mol. The first-order chi connectivity index (χ1) is 19.2. The van der Waals surface area contributed by atoms with E-state index in [0.717, 1.165) is 33.3 Å². The molecule has 9 heteroatoms. The van der Waals surface area contributed by atoms with Crippen molar-refractivity contribution in [1.82, 2.24) is 19.7 Å². The second-order valence-electron chi connectivity index (χ2n) is 10.6. The molecule has 2 aromatic carbocycles. The van der Waals surface area contributed by atoms with Crippen molar-refractivity contribution in [2.75, 3.05) is 12.4 Å². The molecule has 1 aliphatic carbocycles. The third-order valence-corrected chi connectivity index (χ3v) is 7.59. The molecule has 3 N–H and O–H groups in total. The Kier molecular flexibility index (Phi) is 7.73. The van der Waals surface area contributed by atoms with Gasteiger partial charge in [0.1, 0.15) is 6.04 Å². The first-order valence-electron chi connectivity index (χ1n) is 13.7. The van der Waals surface area contributed by atoms with Crippen molar-refractivity contribution in [1.29, 1.82) is 0 Å². The number of nitrogens with zero attached hydrogens (tertiary/aromatic N) is 3. The molecule has 9 nitrogen and oxygen atoms in total. The van der Waals surface area contributed by atoms with Gasteiger partial charge in [-0.05, 0) is 80.5 Å². The van der Waals surface area contributed by atoms with E-state index in [-0.39, 0.29) is 18.2 Å². The predicted octanol–water partition coefficient (Wildman–Crippen LogP) is 5.04. The van der Waals surface area contributed by atoms with E-state index in [4.69, 9.17) is 10.2 Å². The van der Waals surface area contributed by atoms with Gasteiger partial charge in [-0.3, -0.25) is 19.1 Å². The Morgan fingerprint density at radius 1 is 1.12 bits per heavy atom. The Balaban J connectivity index is 1.40. The molecule has 4 aromatic rings. The number of anilines is 1. The number of benzene rings is 2. The lowest BCUT2D eigenvalue weighted by Gasteiger charge is -2.18. The molecule has 0 spiro atoms. The minimum Gasteiger partial charge on any atom is -0.481 e. The summed E-state index contributed by atoms with van der Waals surface area (Å²) in [5.41, 5.74) is 6.03. The van der Waals surface area contributed by atoms with Gasteiger partial charge >= 0.3 is 5.97 Å². The number of fused-ring (bicyclic) bond motifs is 1. The second-order valence-corrected chi connectivity index (χ2v) is 10.6. The van der Waals surface area contributed by atoms with Crippen LogP contribution in [-0.2, 0) is 22.6 Å². The van der Waals surface area contributed by atoms with Crippen molar-refractivity contribution in [3.8, 4) is 0 Å². The fourth-order valence-corrected chi connectivity index (χ4v) is 5.13. The van der Waals surface area contributed by atoms with E-state index in [1.165, 1.54) is 12.8 Å². The van der Waals surface area contributed by atoms with Crippen molar-refractivity contribution < 1.29 is 19.5 Å². The number of aromatic nitrogens is 3. The summed E-state index contributed by atoms with van der Waals surface area (Å²) >= 11 is 0. The summed E-state index contributed by atoms with van der Waals surface area (Å²) in [7, 11) is 1.59. The first-order valence-corrected chi connectivity index (χ1v) is 13.7. The molecule has 1 fully saturated rings. The zero-order valence-corrected chi connectivity index (χ0v) is 23.1. The topological polar surface area (TPSA) is 118 Å². The van der Waals surface area contributed by atoms with Crippen LogP contribution in [-0.4, -0.2) is 44.3 Å². The van der Waals surface area contributed by atoms with E-state index in [2.05, 4.69) is 16.7 Å². The van der Waals surface area contributed by atoms with Gasteiger partial charge in [-0.25, -0.2) is 0 Å². The number of carboxylic acids is 1. The zero-order chi connectivity index (χ0) is 28.4. The summed E-state index contributed by atoms with van der Waals surface area (Å²) in [5.74, 6) is -0.648. The molecular weight excluding hydrogens is 506 g/mol. The smallest absolute Gasteiger partial charge is 0.303 e. The molecule has 2 amide bonds. The van der Waals surface area contributed by atoms with E-state index in [1.807, 2.05) is 65.8 Å². The number of amides is 2. The normalized spacial score (nSPS) is 13.8. The molecule has 0 bridgehead atoms. The number of aliphatic carboxylic acids is 1. The number of nitrogens with one attached hydrogen (secondary N) is 2. The Labute approximate surface area is 233 Å². The van der Waals surface area contributed by atoms with Crippen LogP contribution >= 0.6 is 0 Å². The fourth-order valence-electron chi connectivity index (χ4n) is 5.13. The summed E-state index contributed by atoms with van der Waals surface area (Å²) in [6.45, 7) is 4.39. The molecule has 0 aliphatic heterocycles. The lowest BCUT2D eigenvalue weighted by atomic mass is 10.0. The summed E-state index contributed by atoms with van der Waals surface area (Å²) in [5, 5.41) is 20.6. The van der Waals surface area contributed by atoms with Crippen LogP contribution in [0.25, 0.3) is 10.9 Å². The van der Waals surface area contributed by atoms with Crippen LogP contribution in [0, 0.1) is 6.92 Å². The molecule has 40 heavy (non-hydrogen) atoms. The molecule has 2 aromatic heterocycles. The largest absolute Gasteiger partial charge is 0.481 e. The monoisotopic (exact) mass is 541 g/mol. The van der Waals surface area contributed by atoms with Crippen molar-refractivity contribution in [2.24, 2.45) is 0 Å². The average Bonchev–Trinajstić information content (AvgIpc) is 3.60. The van der Waals surface area contributed by atoms with Gasteiger partial charge < -0.3 is 20.3 Å². The van der Waals surface area contributed by atoms with Gasteiger partial charge in [0.15, 0.2) is 0 Å². The van der Waals surface area contributed by atoms with E-state index in [0.29, 0.717) is 36.6 Å². The van der Waals surface area contributed by atoms with Crippen LogP contribution < -0.4 is 10.6 Å². The highest BCUT2D eigenvalue weighted by molar-refractivity contribution is 6.00. The van der Waals surface area contributed by atoms with E-state index >= 15 is 0 Å². The summed E-state index contributed by atoms with van der Waals surface area (Å²) in [4.78, 5) is 36.9. The third kappa shape index (κ3) is 5.93. The summed E-state index contributed by atoms with van der Waals surface area (Å²) in [6, 6.07) is 12.9. The molecular formula is C31H35N5O4. The minimum absolute atomic E-state index is 0.0606. The molecule has 0 radical (unpaired) electrons. The zero-order valence-electron chi connectivity index (χ0n) is 23.1. The summed E-state index contributed by atoms with van der Waals surface area (Å²) < 4.78 is 3.81. The number of carbonyl (C=O) groups excluding carboxylic acids is 2. The van der Waals surface area contributed by atoms with Crippen LogP contribution in [0.3, 0.4) is 0 Å². The Hall–Kier alpha value is -4.40. The van der Waals surface area contributed by atoms with Gasteiger partial charge in [0.2, 0.25) is 5.91 Å². The van der Waals surface area contributed by atoms with E-state index in [9.17, 15) is 14.4 Å². The molecule has 1 atom stereocenters.